The Labute approximate surface area is 76.6 Å². The van der Waals surface area contributed by atoms with E-state index in [-0.39, 0.29) is 0 Å². The number of allylic oxidation sites excluding steroid dienone is 1. The van der Waals surface area contributed by atoms with Gasteiger partial charge in [0.1, 0.15) is 11.8 Å². The quantitative estimate of drug-likeness (QED) is 0.679. The zero-order valence-electron chi connectivity index (χ0n) is 6.94. The van der Waals surface area contributed by atoms with Crippen LogP contribution in [0.1, 0.15) is 17.7 Å². The first-order chi connectivity index (χ1) is 6.38. The summed E-state index contributed by atoms with van der Waals surface area (Å²) in [6, 6.07) is 7.51. The third kappa shape index (κ3) is 2.43. The molecule has 0 amide bonds. The molecule has 1 rings (SSSR count). The topological polar surface area (TPSA) is 60.5 Å². The van der Waals surface area contributed by atoms with Crippen LogP contribution in [-0.2, 0) is 0 Å². The monoisotopic (exact) mass is 169 g/mol. The Bertz CT molecular complexity index is 393. The van der Waals surface area contributed by atoms with Crippen LogP contribution in [-0.4, -0.2) is 4.98 Å². The molecule has 0 radical (unpaired) electrons. The van der Waals surface area contributed by atoms with Crippen molar-refractivity contribution in [1.82, 2.24) is 4.98 Å². The summed E-state index contributed by atoms with van der Waals surface area (Å²) in [5.74, 6) is 0. The van der Waals surface area contributed by atoms with E-state index in [1.165, 1.54) is 0 Å². The summed E-state index contributed by atoms with van der Waals surface area (Å²) < 4.78 is 0. The summed E-state index contributed by atoms with van der Waals surface area (Å²) in [6.07, 6.45) is 5.35. The van der Waals surface area contributed by atoms with Gasteiger partial charge in [-0.2, -0.15) is 10.5 Å². The van der Waals surface area contributed by atoms with E-state index < -0.39 is 0 Å². The Morgan fingerprint density at radius 2 is 2.31 bits per heavy atom. The lowest BCUT2D eigenvalue weighted by Gasteiger charge is -1.93. The SMILES string of the molecule is N#CCC=Cc1cccnc1C#N. The van der Waals surface area contributed by atoms with Gasteiger partial charge in [0.15, 0.2) is 0 Å². The smallest absolute Gasteiger partial charge is 0.147 e. The van der Waals surface area contributed by atoms with E-state index >= 15 is 0 Å². The maximum atomic E-state index is 8.66. The van der Waals surface area contributed by atoms with Gasteiger partial charge in [-0.15, -0.1) is 0 Å². The second-order valence-corrected chi connectivity index (χ2v) is 2.32. The number of pyridine rings is 1. The highest BCUT2D eigenvalue weighted by atomic mass is 14.7. The summed E-state index contributed by atoms with van der Waals surface area (Å²) >= 11 is 0. The average Bonchev–Trinajstić information content (AvgIpc) is 2.19. The molecule has 0 saturated carbocycles. The van der Waals surface area contributed by atoms with Crippen LogP contribution in [0.5, 0.6) is 0 Å². The van der Waals surface area contributed by atoms with Crippen LogP contribution in [0, 0.1) is 22.7 Å². The van der Waals surface area contributed by atoms with Gasteiger partial charge in [-0.25, -0.2) is 4.98 Å². The lowest BCUT2D eigenvalue weighted by Crippen LogP contribution is -1.85. The Hall–Kier alpha value is -2.13. The molecular formula is C10H7N3. The molecule has 3 nitrogen and oxygen atoms in total. The van der Waals surface area contributed by atoms with Gasteiger partial charge in [-0.3, -0.25) is 0 Å². The minimum atomic E-state index is 0.347. The largest absolute Gasteiger partial charge is 0.245 e. The zero-order valence-corrected chi connectivity index (χ0v) is 6.94. The van der Waals surface area contributed by atoms with E-state index in [1.54, 1.807) is 30.5 Å². The molecule has 13 heavy (non-hydrogen) atoms. The second kappa shape index (κ2) is 4.69. The standard InChI is InChI=1S/C10H7N3/c11-6-2-1-4-9-5-3-7-13-10(9)8-12/h1,3-5,7H,2H2. The molecule has 0 spiro atoms. The third-order valence-electron chi connectivity index (χ3n) is 1.45. The lowest BCUT2D eigenvalue weighted by molar-refractivity contribution is 1.25. The van der Waals surface area contributed by atoms with Gasteiger partial charge in [0.25, 0.3) is 0 Å². The average molecular weight is 169 g/mol. The first-order valence-electron chi connectivity index (χ1n) is 3.77. The predicted octanol–water partition coefficient (Wildman–Crippen LogP) is 1.88. The van der Waals surface area contributed by atoms with E-state index in [0.717, 1.165) is 5.56 Å². The van der Waals surface area contributed by atoms with Gasteiger partial charge in [0.2, 0.25) is 0 Å². The summed E-state index contributed by atoms with van der Waals surface area (Å²) in [4.78, 5) is 3.88. The van der Waals surface area contributed by atoms with Crippen LogP contribution in [0.15, 0.2) is 24.4 Å². The van der Waals surface area contributed by atoms with Crippen molar-refractivity contribution in [3.05, 3.63) is 35.7 Å². The van der Waals surface area contributed by atoms with Crippen molar-refractivity contribution in [3.63, 3.8) is 0 Å². The van der Waals surface area contributed by atoms with Crippen LogP contribution < -0.4 is 0 Å². The number of hydrogen-bond donors (Lipinski definition) is 0. The highest BCUT2D eigenvalue weighted by Gasteiger charge is 1.95. The van der Waals surface area contributed by atoms with E-state index in [4.69, 9.17) is 10.5 Å². The summed E-state index contributed by atoms with van der Waals surface area (Å²) in [7, 11) is 0. The molecule has 1 aromatic rings. The second-order valence-electron chi connectivity index (χ2n) is 2.32. The molecule has 0 aliphatic rings. The van der Waals surface area contributed by atoms with Crippen molar-refractivity contribution in [2.75, 3.05) is 0 Å². The molecule has 0 aromatic carbocycles. The van der Waals surface area contributed by atoms with E-state index in [1.807, 2.05) is 12.1 Å². The van der Waals surface area contributed by atoms with Gasteiger partial charge in [0.05, 0.1) is 12.5 Å². The highest BCUT2D eigenvalue weighted by molar-refractivity contribution is 5.55. The number of hydrogen-bond acceptors (Lipinski definition) is 3. The molecule has 0 atom stereocenters. The van der Waals surface area contributed by atoms with Crippen molar-refractivity contribution < 1.29 is 0 Å². The molecule has 1 heterocycles. The van der Waals surface area contributed by atoms with Gasteiger partial charge >= 0.3 is 0 Å². The van der Waals surface area contributed by atoms with Crippen LogP contribution in [0.4, 0.5) is 0 Å². The molecule has 0 aliphatic carbocycles. The lowest BCUT2D eigenvalue weighted by atomic mass is 10.2. The van der Waals surface area contributed by atoms with E-state index in [0.29, 0.717) is 12.1 Å². The van der Waals surface area contributed by atoms with Crippen LogP contribution >= 0.6 is 0 Å². The maximum absolute atomic E-state index is 8.66. The fraction of sp³-hybridized carbons (Fsp3) is 0.100. The third-order valence-corrected chi connectivity index (χ3v) is 1.45. The fourth-order valence-electron chi connectivity index (χ4n) is 0.884. The molecule has 1 aromatic heterocycles. The summed E-state index contributed by atoms with van der Waals surface area (Å²) in [5, 5.41) is 17.0. The predicted molar refractivity (Wildman–Crippen MR) is 48.2 cm³/mol. The number of nitriles is 2. The fourth-order valence-corrected chi connectivity index (χ4v) is 0.884. The summed E-state index contributed by atoms with van der Waals surface area (Å²) in [6.45, 7) is 0. The molecule has 0 aliphatic heterocycles. The molecule has 3 heteroatoms. The normalized spacial score (nSPS) is 9.38. The van der Waals surface area contributed by atoms with Crippen molar-refractivity contribution in [1.29, 1.82) is 10.5 Å². The number of aromatic nitrogens is 1. The number of nitrogens with zero attached hydrogens (tertiary/aromatic N) is 3. The first kappa shape index (κ1) is 8.96. The van der Waals surface area contributed by atoms with Crippen molar-refractivity contribution in [2.45, 2.75) is 6.42 Å². The molecular weight excluding hydrogens is 162 g/mol. The van der Waals surface area contributed by atoms with Gasteiger partial charge in [-0.1, -0.05) is 18.2 Å². The van der Waals surface area contributed by atoms with Crippen LogP contribution in [0.2, 0.25) is 0 Å². The Balaban J connectivity index is 2.90. The van der Waals surface area contributed by atoms with E-state index in [2.05, 4.69) is 4.98 Å². The van der Waals surface area contributed by atoms with Gasteiger partial charge in [-0.05, 0) is 6.07 Å². The van der Waals surface area contributed by atoms with Crippen LogP contribution in [0.3, 0.4) is 0 Å². The maximum Gasteiger partial charge on any atom is 0.147 e. The molecule has 0 fully saturated rings. The number of rotatable bonds is 2. The molecule has 0 bridgehead atoms. The molecule has 62 valence electrons. The van der Waals surface area contributed by atoms with Crippen molar-refractivity contribution >= 4 is 6.08 Å². The van der Waals surface area contributed by atoms with Crippen LogP contribution in [0.25, 0.3) is 6.08 Å². The molecule has 0 saturated heterocycles. The zero-order chi connectivity index (χ0) is 9.52. The Morgan fingerprint density at radius 1 is 1.46 bits per heavy atom. The van der Waals surface area contributed by atoms with Crippen molar-refractivity contribution in [3.8, 4) is 12.1 Å². The minimum absolute atomic E-state index is 0.347. The first-order valence-corrected chi connectivity index (χ1v) is 3.77. The highest BCUT2D eigenvalue weighted by Crippen LogP contribution is 2.06. The van der Waals surface area contributed by atoms with Gasteiger partial charge < -0.3 is 0 Å². The minimum Gasteiger partial charge on any atom is -0.245 e. The van der Waals surface area contributed by atoms with E-state index in [9.17, 15) is 0 Å². The van der Waals surface area contributed by atoms with Gasteiger partial charge in [0, 0.05) is 11.8 Å². The Kier molecular flexibility index (Phi) is 3.23. The summed E-state index contributed by atoms with van der Waals surface area (Å²) in [5.41, 5.74) is 1.14. The molecule has 0 N–H and O–H groups in total. The van der Waals surface area contributed by atoms with Crippen molar-refractivity contribution in [2.24, 2.45) is 0 Å². The Morgan fingerprint density at radius 3 is 3.00 bits per heavy atom. The molecule has 0 unspecified atom stereocenters.